The van der Waals surface area contributed by atoms with Gasteiger partial charge in [-0.05, 0) is 37.0 Å². The molecule has 0 atom stereocenters. The topological polar surface area (TPSA) is 42.0 Å². The molecule has 0 unspecified atom stereocenters. The normalized spacial score (nSPS) is 9.93. The minimum absolute atomic E-state index is 0.0350. The predicted octanol–water partition coefficient (Wildman–Crippen LogP) is 1.95. The van der Waals surface area contributed by atoms with E-state index < -0.39 is 0 Å². The molecule has 0 aliphatic rings. The zero-order chi connectivity index (χ0) is 10.9. The molecule has 0 radical (unpaired) electrons. The molecular weight excluding hydrogens is 208 g/mol. The van der Waals surface area contributed by atoms with Gasteiger partial charge in [0.05, 0.1) is 5.56 Å². The molecule has 1 aromatic rings. The Morgan fingerprint density at radius 1 is 1.53 bits per heavy atom. The molecular formula is C11H16N2OS. The molecule has 15 heavy (non-hydrogen) atoms. The second kappa shape index (κ2) is 7.29. The largest absolute Gasteiger partial charge is 0.352 e. The number of aromatic nitrogens is 1. The van der Waals surface area contributed by atoms with Gasteiger partial charge in [-0.3, -0.25) is 9.78 Å². The van der Waals surface area contributed by atoms with Crippen LogP contribution in [0.15, 0.2) is 24.5 Å². The summed E-state index contributed by atoms with van der Waals surface area (Å²) in [5.74, 6) is 1.12. The van der Waals surface area contributed by atoms with Crippen LogP contribution >= 0.6 is 11.8 Å². The molecule has 1 heterocycles. The smallest absolute Gasteiger partial charge is 0.252 e. The van der Waals surface area contributed by atoms with Crippen molar-refractivity contribution in [1.29, 1.82) is 0 Å². The lowest BCUT2D eigenvalue weighted by molar-refractivity contribution is 0.0953. The number of carbonyl (C=O) groups is 1. The number of pyridine rings is 1. The molecule has 0 aromatic carbocycles. The summed E-state index contributed by atoms with van der Waals surface area (Å²) in [5.41, 5.74) is 0.627. The Hall–Kier alpha value is -1.03. The van der Waals surface area contributed by atoms with Crippen molar-refractivity contribution in [3.05, 3.63) is 30.1 Å². The van der Waals surface area contributed by atoms with Crippen LogP contribution in [0.3, 0.4) is 0 Å². The highest BCUT2D eigenvalue weighted by Gasteiger charge is 2.02. The molecule has 0 aliphatic carbocycles. The maximum atomic E-state index is 11.5. The number of thioether (sulfide) groups is 1. The number of rotatable bonds is 6. The van der Waals surface area contributed by atoms with Crippen LogP contribution in [0.5, 0.6) is 0 Å². The Labute approximate surface area is 94.7 Å². The van der Waals surface area contributed by atoms with Crippen molar-refractivity contribution in [3.8, 4) is 0 Å². The quantitative estimate of drug-likeness (QED) is 0.751. The lowest BCUT2D eigenvalue weighted by Crippen LogP contribution is -2.24. The third-order valence-electron chi connectivity index (χ3n) is 1.98. The zero-order valence-electron chi connectivity index (χ0n) is 8.90. The van der Waals surface area contributed by atoms with Gasteiger partial charge in [-0.25, -0.2) is 0 Å². The second-order valence-corrected chi connectivity index (χ2v) is 4.18. The van der Waals surface area contributed by atoms with Crippen molar-refractivity contribution in [2.24, 2.45) is 0 Å². The van der Waals surface area contributed by atoms with E-state index in [1.807, 2.05) is 11.8 Å². The van der Waals surface area contributed by atoms with Crippen molar-refractivity contribution in [1.82, 2.24) is 10.3 Å². The van der Waals surface area contributed by atoms with Crippen molar-refractivity contribution in [2.75, 3.05) is 18.6 Å². The van der Waals surface area contributed by atoms with Gasteiger partial charge in [0.25, 0.3) is 5.91 Å². The van der Waals surface area contributed by atoms with Crippen molar-refractivity contribution < 1.29 is 4.79 Å². The Kier molecular flexibility index (Phi) is 5.85. The first-order valence-electron chi connectivity index (χ1n) is 5.02. The van der Waals surface area contributed by atoms with Gasteiger partial charge >= 0.3 is 0 Å². The SMILES string of the molecule is CSCCCCNC(=O)c1cccnc1. The highest BCUT2D eigenvalue weighted by atomic mass is 32.2. The standard InChI is InChI=1S/C11H16N2OS/c1-15-8-3-2-7-13-11(14)10-5-4-6-12-9-10/h4-6,9H,2-3,7-8H2,1H3,(H,13,14). The molecule has 0 saturated carbocycles. The van der Waals surface area contributed by atoms with Crippen LogP contribution in [0.1, 0.15) is 23.2 Å². The van der Waals surface area contributed by atoms with E-state index in [9.17, 15) is 4.79 Å². The molecule has 0 spiro atoms. The molecule has 1 N–H and O–H groups in total. The van der Waals surface area contributed by atoms with Crippen LogP contribution in [-0.2, 0) is 0 Å². The Morgan fingerprint density at radius 3 is 3.07 bits per heavy atom. The van der Waals surface area contributed by atoms with Crippen LogP contribution in [0.2, 0.25) is 0 Å². The molecule has 0 bridgehead atoms. The Balaban J connectivity index is 2.20. The lowest BCUT2D eigenvalue weighted by Gasteiger charge is -2.03. The first-order chi connectivity index (χ1) is 7.34. The van der Waals surface area contributed by atoms with E-state index in [1.165, 1.54) is 0 Å². The van der Waals surface area contributed by atoms with Gasteiger partial charge in [0, 0.05) is 18.9 Å². The molecule has 1 aromatic heterocycles. The van der Waals surface area contributed by atoms with Crippen molar-refractivity contribution in [3.63, 3.8) is 0 Å². The fourth-order valence-electron chi connectivity index (χ4n) is 1.17. The van der Waals surface area contributed by atoms with E-state index in [0.717, 1.165) is 25.1 Å². The van der Waals surface area contributed by atoms with Gasteiger partial charge in [-0.2, -0.15) is 11.8 Å². The zero-order valence-corrected chi connectivity index (χ0v) is 9.72. The summed E-state index contributed by atoms with van der Waals surface area (Å²) < 4.78 is 0. The van der Waals surface area contributed by atoms with Gasteiger partial charge in [0.2, 0.25) is 0 Å². The Bertz CT molecular complexity index is 290. The van der Waals surface area contributed by atoms with Gasteiger partial charge < -0.3 is 5.32 Å². The van der Waals surface area contributed by atoms with E-state index in [1.54, 1.807) is 24.5 Å². The molecule has 0 aliphatic heterocycles. The molecule has 1 amide bonds. The summed E-state index contributed by atoms with van der Waals surface area (Å²) in [6, 6.07) is 3.53. The molecule has 0 fully saturated rings. The van der Waals surface area contributed by atoms with Crippen LogP contribution in [0, 0.1) is 0 Å². The van der Waals surface area contributed by atoms with E-state index >= 15 is 0 Å². The predicted molar refractivity (Wildman–Crippen MR) is 64.2 cm³/mol. The van der Waals surface area contributed by atoms with Gasteiger partial charge in [0.1, 0.15) is 0 Å². The fourth-order valence-corrected chi connectivity index (χ4v) is 1.67. The number of carbonyl (C=O) groups excluding carboxylic acids is 1. The minimum Gasteiger partial charge on any atom is -0.352 e. The summed E-state index contributed by atoms with van der Waals surface area (Å²) >= 11 is 1.83. The van der Waals surface area contributed by atoms with E-state index in [2.05, 4.69) is 16.6 Å². The molecule has 1 rings (SSSR count). The van der Waals surface area contributed by atoms with Crippen LogP contribution in [0.25, 0.3) is 0 Å². The third kappa shape index (κ3) is 4.83. The summed E-state index contributed by atoms with van der Waals surface area (Å²) in [6.07, 6.45) is 7.52. The van der Waals surface area contributed by atoms with Crippen LogP contribution in [0.4, 0.5) is 0 Å². The monoisotopic (exact) mass is 224 g/mol. The molecule has 3 nitrogen and oxygen atoms in total. The fraction of sp³-hybridized carbons (Fsp3) is 0.455. The highest BCUT2D eigenvalue weighted by molar-refractivity contribution is 7.98. The Morgan fingerprint density at radius 2 is 2.40 bits per heavy atom. The van der Waals surface area contributed by atoms with E-state index in [-0.39, 0.29) is 5.91 Å². The average Bonchev–Trinajstić information content (AvgIpc) is 2.30. The number of nitrogens with zero attached hydrogens (tertiary/aromatic N) is 1. The highest BCUT2D eigenvalue weighted by Crippen LogP contribution is 1.99. The van der Waals surface area contributed by atoms with Gasteiger partial charge in [-0.1, -0.05) is 0 Å². The number of nitrogens with one attached hydrogen (secondary N) is 1. The first kappa shape index (κ1) is 12.0. The second-order valence-electron chi connectivity index (χ2n) is 3.20. The van der Waals surface area contributed by atoms with Crippen molar-refractivity contribution in [2.45, 2.75) is 12.8 Å². The maximum absolute atomic E-state index is 11.5. The van der Waals surface area contributed by atoms with E-state index in [4.69, 9.17) is 0 Å². The van der Waals surface area contributed by atoms with Gasteiger partial charge in [0.15, 0.2) is 0 Å². The number of unbranched alkanes of at least 4 members (excludes halogenated alkanes) is 1. The molecule has 82 valence electrons. The average molecular weight is 224 g/mol. The van der Waals surface area contributed by atoms with Crippen LogP contribution in [-0.4, -0.2) is 29.4 Å². The molecule has 4 heteroatoms. The summed E-state index contributed by atoms with van der Waals surface area (Å²) in [6.45, 7) is 0.744. The lowest BCUT2D eigenvalue weighted by atomic mass is 10.2. The third-order valence-corrected chi connectivity index (χ3v) is 2.68. The summed E-state index contributed by atoms with van der Waals surface area (Å²) in [4.78, 5) is 15.4. The summed E-state index contributed by atoms with van der Waals surface area (Å²) in [7, 11) is 0. The number of hydrogen-bond donors (Lipinski definition) is 1. The summed E-state index contributed by atoms with van der Waals surface area (Å²) in [5, 5.41) is 2.87. The number of hydrogen-bond acceptors (Lipinski definition) is 3. The minimum atomic E-state index is -0.0350. The first-order valence-corrected chi connectivity index (χ1v) is 6.41. The van der Waals surface area contributed by atoms with Gasteiger partial charge in [-0.15, -0.1) is 0 Å². The van der Waals surface area contributed by atoms with Crippen molar-refractivity contribution >= 4 is 17.7 Å². The van der Waals surface area contributed by atoms with Crippen LogP contribution < -0.4 is 5.32 Å². The maximum Gasteiger partial charge on any atom is 0.252 e. The van der Waals surface area contributed by atoms with E-state index in [0.29, 0.717) is 5.56 Å². The molecule has 0 saturated heterocycles. The number of amides is 1.